The van der Waals surface area contributed by atoms with Gasteiger partial charge in [-0.3, -0.25) is 14.4 Å². The number of aromatic nitrogens is 1. The van der Waals surface area contributed by atoms with Crippen LogP contribution in [0.5, 0.6) is 5.75 Å². The number of carbonyl (C=O) groups is 2. The van der Waals surface area contributed by atoms with Crippen LogP contribution in [0.2, 0.25) is 0 Å². The van der Waals surface area contributed by atoms with Gasteiger partial charge in [0, 0.05) is 37.0 Å². The van der Waals surface area contributed by atoms with E-state index >= 15 is 0 Å². The van der Waals surface area contributed by atoms with Crippen molar-refractivity contribution in [3.8, 4) is 5.75 Å². The van der Waals surface area contributed by atoms with Gasteiger partial charge >= 0.3 is 0 Å². The first-order chi connectivity index (χ1) is 14.7. The summed E-state index contributed by atoms with van der Waals surface area (Å²) in [5.41, 5.74) is -1.66. The monoisotopic (exact) mass is 449 g/mol. The van der Waals surface area contributed by atoms with E-state index in [1.54, 1.807) is 19.1 Å². The Bertz CT molecular complexity index is 1180. The van der Waals surface area contributed by atoms with Gasteiger partial charge in [-0.15, -0.1) is 11.6 Å². The fourth-order valence-electron chi connectivity index (χ4n) is 3.80. The second kappa shape index (κ2) is 7.81. The molecule has 2 bridgehead atoms. The van der Waals surface area contributed by atoms with E-state index in [1.165, 1.54) is 21.7 Å². The van der Waals surface area contributed by atoms with Gasteiger partial charge in [0.15, 0.2) is 11.4 Å². The van der Waals surface area contributed by atoms with E-state index in [-0.39, 0.29) is 30.4 Å². The first-order valence-corrected chi connectivity index (χ1v) is 9.96. The van der Waals surface area contributed by atoms with Gasteiger partial charge < -0.3 is 19.9 Å². The van der Waals surface area contributed by atoms with Gasteiger partial charge in [0.25, 0.3) is 11.8 Å². The number of amides is 2. The molecule has 0 spiro atoms. The van der Waals surface area contributed by atoms with Crippen LogP contribution in [-0.2, 0) is 6.54 Å². The van der Waals surface area contributed by atoms with Crippen LogP contribution < -0.4 is 10.7 Å². The SMILES string of the molecule is C[C@H]1C=C[C@@H](Cl)[C@H]2CN1C(=O)c1c(O)c(=O)c(C(=O)NCc3ccc(F)cc3F)cn12. The number of fused-ring (bicyclic) bond motifs is 4. The zero-order valence-electron chi connectivity index (χ0n) is 16.3. The molecule has 2 N–H and O–H groups in total. The van der Waals surface area contributed by atoms with Gasteiger partial charge in [-0.25, -0.2) is 8.78 Å². The van der Waals surface area contributed by atoms with Crippen molar-refractivity contribution in [3.63, 3.8) is 0 Å². The minimum absolute atomic E-state index is 0.0200. The van der Waals surface area contributed by atoms with Crippen molar-refractivity contribution < 1.29 is 23.5 Å². The number of aromatic hydroxyl groups is 1. The maximum Gasteiger partial charge on any atom is 0.275 e. The number of allylic oxidation sites excluding steroid dienone is 1. The average molecular weight is 450 g/mol. The van der Waals surface area contributed by atoms with E-state index in [1.807, 2.05) is 0 Å². The Morgan fingerprint density at radius 1 is 1.29 bits per heavy atom. The molecule has 2 aliphatic heterocycles. The van der Waals surface area contributed by atoms with E-state index in [9.17, 15) is 28.3 Å². The molecule has 2 aliphatic rings. The van der Waals surface area contributed by atoms with E-state index in [2.05, 4.69) is 5.32 Å². The van der Waals surface area contributed by atoms with E-state index in [0.29, 0.717) is 6.07 Å². The summed E-state index contributed by atoms with van der Waals surface area (Å²) in [6.07, 6.45) is 4.68. The molecular weight excluding hydrogens is 432 g/mol. The number of hydrogen-bond acceptors (Lipinski definition) is 4. The second-order valence-electron chi connectivity index (χ2n) is 7.49. The van der Waals surface area contributed by atoms with Crippen molar-refractivity contribution in [1.82, 2.24) is 14.8 Å². The summed E-state index contributed by atoms with van der Waals surface area (Å²) in [4.78, 5) is 39.7. The van der Waals surface area contributed by atoms with Crippen LogP contribution in [0, 0.1) is 11.6 Å². The van der Waals surface area contributed by atoms with Gasteiger partial charge in [0.05, 0.1) is 11.4 Å². The van der Waals surface area contributed by atoms with Crippen molar-refractivity contribution in [2.24, 2.45) is 0 Å². The van der Waals surface area contributed by atoms with Gasteiger partial charge in [0.1, 0.15) is 17.2 Å². The van der Waals surface area contributed by atoms with Crippen LogP contribution in [0.3, 0.4) is 0 Å². The van der Waals surface area contributed by atoms with Gasteiger partial charge in [-0.05, 0) is 13.0 Å². The maximum atomic E-state index is 13.8. The lowest BCUT2D eigenvalue weighted by Crippen LogP contribution is -2.48. The summed E-state index contributed by atoms with van der Waals surface area (Å²) in [5.74, 6) is -3.88. The van der Waals surface area contributed by atoms with Crippen LogP contribution in [0.15, 0.2) is 41.3 Å². The zero-order valence-corrected chi connectivity index (χ0v) is 17.1. The van der Waals surface area contributed by atoms with Crippen LogP contribution in [0.25, 0.3) is 0 Å². The molecule has 1 aromatic heterocycles. The Labute approximate surface area is 180 Å². The Hall–Kier alpha value is -3.20. The highest BCUT2D eigenvalue weighted by Crippen LogP contribution is 2.34. The molecule has 162 valence electrons. The van der Waals surface area contributed by atoms with E-state index in [4.69, 9.17) is 11.6 Å². The summed E-state index contributed by atoms with van der Waals surface area (Å²) in [5, 5.41) is 12.3. The van der Waals surface area contributed by atoms with Gasteiger partial charge in [-0.1, -0.05) is 18.2 Å². The lowest BCUT2D eigenvalue weighted by Gasteiger charge is -2.38. The van der Waals surface area contributed by atoms with Crippen molar-refractivity contribution in [1.29, 1.82) is 0 Å². The number of nitrogens with zero attached hydrogens (tertiary/aromatic N) is 2. The fourth-order valence-corrected chi connectivity index (χ4v) is 4.09. The highest BCUT2D eigenvalue weighted by molar-refractivity contribution is 6.22. The van der Waals surface area contributed by atoms with E-state index < -0.39 is 51.6 Å². The van der Waals surface area contributed by atoms with Crippen molar-refractivity contribution >= 4 is 23.4 Å². The third kappa shape index (κ3) is 3.59. The number of halogens is 3. The lowest BCUT2D eigenvalue weighted by molar-refractivity contribution is 0.0631. The number of nitrogens with one attached hydrogen (secondary N) is 1. The minimum atomic E-state index is -1.02. The summed E-state index contributed by atoms with van der Waals surface area (Å²) in [6, 6.07) is 2.10. The molecule has 3 atom stereocenters. The number of hydrogen-bond donors (Lipinski definition) is 2. The Morgan fingerprint density at radius 3 is 2.74 bits per heavy atom. The third-order valence-corrected chi connectivity index (χ3v) is 5.98. The van der Waals surface area contributed by atoms with Crippen LogP contribution in [0.4, 0.5) is 8.78 Å². The average Bonchev–Trinajstić information content (AvgIpc) is 2.85. The van der Waals surface area contributed by atoms with Gasteiger partial charge in [-0.2, -0.15) is 0 Å². The molecule has 0 aliphatic carbocycles. The molecule has 31 heavy (non-hydrogen) atoms. The summed E-state index contributed by atoms with van der Waals surface area (Å²) >= 11 is 6.44. The van der Waals surface area contributed by atoms with E-state index in [0.717, 1.165) is 6.07 Å². The van der Waals surface area contributed by atoms with Crippen molar-refractivity contribution in [2.45, 2.75) is 30.9 Å². The molecule has 1 aromatic carbocycles. The molecule has 0 fully saturated rings. The van der Waals surface area contributed by atoms with Gasteiger partial charge in [0.2, 0.25) is 5.43 Å². The largest absolute Gasteiger partial charge is 0.503 e. The quantitative estimate of drug-likeness (QED) is 0.555. The van der Waals surface area contributed by atoms with Crippen molar-refractivity contribution in [2.75, 3.05) is 6.54 Å². The molecule has 4 rings (SSSR count). The second-order valence-corrected chi connectivity index (χ2v) is 7.99. The van der Waals surface area contributed by atoms with Crippen LogP contribution in [0.1, 0.15) is 39.4 Å². The molecule has 0 unspecified atom stereocenters. The molecule has 7 nitrogen and oxygen atoms in total. The smallest absolute Gasteiger partial charge is 0.275 e. The molecule has 2 amide bonds. The molecule has 3 heterocycles. The summed E-state index contributed by atoms with van der Waals surface area (Å²) < 4.78 is 28.2. The van der Waals surface area contributed by atoms with Crippen LogP contribution >= 0.6 is 11.6 Å². The molecule has 2 aromatic rings. The predicted octanol–water partition coefficient (Wildman–Crippen LogP) is 2.32. The number of pyridine rings is 1. The summed E-state index contributed by atoms with van der Waals surface area (Å²) in [6.45, 7) is 1.72. The highest BCUT2D eigenvalue weighted by atomic mass is 35.5. The van der Waals surface area contributed by atoms with Crippen LogP contribution in [-0.4, -0.2) is 44.4 Å². The number of alkyl halides is 1. The maximum absolute atomic E-state index is 13.8. The zero-order chi connectivity index (χ0) is 22.4. The molecule has 0 saturated heterocycles. The molecule has 0 radical (unpaired) electrons. The number of carbonyl (C=O) groups excluding carboxylic acids is 2. The summed E-state index contributed by atoms with van der Waals surface area (Å²) in [7, 11) is 0. The minimum Gasteiger partial charge on any atom is -0.503 e. The van der Waals surface area contributed by atoms with Crippen molar-refractivity contribution in [3.05, 3.63) is 75.2 Å². The topological polar surface area (TPSA) is 91.6 Å². The Balaban J connectivity index is 1.70. The number of rotatable bonds is 3. The fraction of sp³-hybridized carbons (Fsp3) is 0.286. The highest BCUT2D eigenvalue weighted by Gasteiger charge is 2.40. The standard InChI is InChI=1S/C21H18ClF2N3O4/c1-10-2-5-14(22)16-9-26(10)21(31)17-19(29)18(28)13(8-27(16)17)20(30)25-7-11-3-4-12(23)6-15(11)24/h2-6,8,10,14,16,29H,7,9H2,1H3,(H,25,30)/t10-,14+,16+/m0/s1. The number of benzene rings is 1. The first-order valence-electron chi connectivity index (χ1n) is 9.52. The lowest BCUT2D eigenvalue weighted by atomic mass is 10.1. The Kier molecular flexibility index (Phi) is 5.30. The Morgan fingerprint density at radius 2 is 2.03 bits per heavy atom. The molecule has 10 heteroatoms. The first kappa shape index (κ1) is 21.0. The third-order valence-electron chi connectivity index (χ3n) is 5.55. The predicted molar refractivity (Wildman–Crippen MR) is 108 cm³/mol. The molecule has 0 saturated carbocycles. The molecular formula is C21H18ClF2N3O4. The normalized spacial score (nSPS) is 22.1.